The zero-order chi connectivity index (χ0) is 13.9. The summed E-state index contributed by atoms with van der Waals surface area (Å²) in [5, 5.41) is 0.164. The summed E-state index contributed by atoms with van der Waals surface area (Å²) in [5.74, 6) is 0.562. The van der Waals surface area contributed by atoms with E-state index >= 15 is 0 Å². The fourth-order valence-corrected chi connectivity index (χ4v) is 2.34. The lowest BCUT2D eigenvalue weighted by atomic mass is 10.1. The Hall–Kier alpha value is -1.88. The number of hydrogen-bond acceptors (Lipinski definition) is 5. The highest BCUT2D eigenvalue weighted by Crippen LogP contribution is 2.26. The standard InChI is InChI=1S/C14H15ClN4O/c1-2-7-20-14-17-12(15)16-13(18-14)19-8-10-5-3-4-6-11(10)9-19/h3-6H,2,7-9H2,1H3. The molecule has 0 fully saturated rings. The minimum atomic E-state index is 0.164. The number of hydrogen-bond donors (Lipinski definition) is 0. The molecule has 0 amide bonds. The Morgan fingerprint density at radius 3 is 2.50 bits per heavy atom. The molecule has 1 aliphatic heterocycles. The Kier molecular flexibility index (Phi) is 3.69. The molecule has 0 saturated carbocycles. The Morgan fingerprint density at radius 2 is 1.85 bits per heavy atom. The summed E-state index contributed by atoms with van der Waals surface area (Å²) in [6.07, 6.45) is 0.897. The number of rotatable bonds is 4. The smallest absolute Gasteiger partial charge is 0.322 e. The topological polar surface area (TPSA) is 51.1 Å². The first-order chi connectivity index (χ1) is 9.76. The van der Waals surface area contributed by atoms with Crippen molar-refractivity contribution in [2.45, 2.75) is 26.4 Å². The number of halogens is 1. The van der Waals surface area contributed by atoms with Crippen molar-refractivity contribution >= 4 is 17.5 Å². The number of anilines is 1. The van der Waals surface area contributed by atoms with Gasteiger partial charge in [-0.25, -0.2) is 0 Å². The molecule has 1 aromatic heterocycles. The molecule has 0 bridgehead atoms. The highest BCUT2D eigenvalue weighted by atomic mass is 35.5. The largest absolute Gasteiger partial charge is 0.463 e. The van der Waals surface area contributed by atoms with Gasteiger partial charge in [-0.2, -0.15) is 15.0 Å². The third kappa shape index (κ3) is 2.67. The lowest BCUT2D eigenvalue weighted by Crippen LogP contribution is -2.18. The lowest BCUT2D eigenvalue weighted by molar-refractivity contribution is 0.291. The molecule has 6 heteroatoms. The third-order valence-electron chi connectivity index (χ3n) is 3.13. The summed E-state index contributed by atoms with van der Waals surface area (Å²) in [6, 6.07) is 8.61. The average molecular weight is 291 g/mol. The Morgan fingerprint density at radius 1 is 1.15 bits per heavy atom. The highest BCUT2D eigenvalue weighted by Gasteiger charge is 2.22. The van der Waals surface area contributed by atoms with Gasteiger partial charge in [-0.3, -0.25) is 0 Å². The van der Waals surface area contributed by atoms with Crippen LogP contribution in [0, 0.1) is 0 Å². The first-order valence-electron chi connectivity index (χ1n) is 6.62. The third-order valence-corrected chi connectivity index (χ3v) is 3.30. The highest BCUT2D eigenvalue weighted by molar-refractivity contribution is 6.28. The van der Waals surface area contributed by atoms with Gasteiger partial charge in [0.1, 0.15) is 0 Å². The molecule has 0 radical (unpaired) electrons. The summed E-state index contributed by atoms with van der Waals surface area (Å²) < 4.78 is 5.44. The predicted molar refractivity (Wildman–Crippen MR) is 77.0 cm³/mol. The molecule has 5 nitrogen and oxygen atoms in total. The van der Waals surface area contributed by atoms with E-state index in [1.807, 2.05) is 19.1 Å². The molecule has 0 atom stereocenters. The van der Waals surface area contributed by atoms with Crippen LogP contribution in [0.4, 0.5) is 5.95 Å². The van der Waals surface area contributed by atoms with Gasteiger partial charge in [-0.15, -0.1) is 0 Å². The van der Waals surface area contributed by atoms with Crippen LogP contribution in [0.1, 0.15) is 24.5 Å². The van der Waals surface area contributed by atoms with E-state index < -0.39 is 0 Å². The SMILES string of the molecule is CCCOc1nc(Cl)nc(N2Cc3ccccc3C2)n1. The van der Waals surface area contributed by atoms with Crippen LogP contribution >= 0.6 is 11.6 Å². The fourth-order valence-electron chi connectivity index (χ4n) is 2.20. The summed E-state index contributed by atoms with van der Waals surface area (Å²) in [7, 11) is 0. The van der Waals surface area contributed by atoms with Crippen molar-refractivity contribution in [2.24, 2.45) is 0 Å². The van der Waals surface area contributed by atoms with E-state index in [9.17, 15) is 0 Å². The zero-order valence-electron chi connectivity index (χ0n) is 11.2. The van der Waals surface area contributed by atoms with Gasteiger partial charge in [0.05, 0.1) is 6.61 Å². The van der Waals surface area contributed by atoms with Crippen molar-refractivity contribution in [3.8, 4) is 6.01 Å². The fraction of sp³-hybridized carbons (Fsp3) is 0.357. The van der Waals surface area contributed by atoms with E-state index in [2.05, 4.69) is 32.0 Å². The van der Waals surface area contributed by atoms with E-state index in [0.717, 1.165) is 19.5 Å². The molecule has 0 saturated heterocycles. The molecule has 1 aliphatic rings. The number of benzene rings is 1. The molecule has 0 spiro atoms. The Labute approximate surface area is 122 Å². The van der Waals surface area contributed by atoms with E-state index in [-0.39, 0.29) is 11.3 Å². The van der Waals surface area contributed by atoms with Crippen molar-refractivity contribution in [2.75, 3.05) is 11.5 Å². The van der Waals surface area contributed by atoms with Crippen LogP contribution in [0.25, 0.3) is 0 Å². The number of ether oxygens (including phenoxy) is 1. The van der Waals surface area contributed by atoms with Crippen LogP contribution in [0.5, 0.6) is 6.01 Å². The minimum absolute atomic E-state index is 0.164. The van der Waals surface area contributed by atoms with Gasteiger partial charge < -0.3 is 9.64 Å². The van der Waals surface area contributed by atoms with E-state index in [0.29, 0.717) is 12.6 Å². The van der Waals surface area contributed by atoms with Crippen molar-refractivity contribution in [1.29, 1.82) is 0 Å². The molecule has 2 aromatic rings. The van der Waals surface area contributed by atoms with E-state index in [1.54, 1.807) is 0 Å². The monoisotopic (exact) mass is 290 g/mol. The number of nitrogens with zero attached hydrogens (tertiary/aromatic N) is 4. The maximum atomic E-state index is 5.95. The molecular formula is C14H15ClN4O. The molecule has 0 N–H and O–H groups in total. The van der Waals surface area contributed by atoms with Gasteiger partial charge in [-0.1, -0.05) is 31.2 Å². The van der Waals surface area contributed by atoms with E-state index in [1.165, 1.54) is 11.1 Å². The first kappa shape index (κ1) is 13.1. The second-order valence-corrected chi connectivity index (χ2v) is 5.00. The Bertz CT molecular complexity index is 595. The molecule has 104 valence electrons. The molecule has 1 aromatic carbocycles. The van der Waals surface area contributed by atoms with Crippen LogP contribution < -0.4 is 9.64 Å². The van der Waals surface area contributed by atoms with Crippen LogP contribution in [-0.4, -0.2) is 21.6 Å². The predicted octanol–water partition coefficient (Wildman–Crippen LogP) is 2.83. The van der Waals surface area contributed by atoms with Gasteiger partial charge in [-0.05, 0) is 29.1 Å². The van der Waals surface area contributed by atoms with Crippen molar-refractivity contribution in [1.82, 2.24) is 15.0 Å². The summed E-state index contributed by atoms with van der Waals surface area (Å²) >= 11 is 5.95. The number of aromatic nitrogens is 3. The molecule has 20 heavy (non-hydrogen) atoms. The molecule has 2 heterocycles. The molecular weight excluding hydrogens is 276 g/mol. The molecule has 0 aliphatic carbocycles. The first-order valence-corrected chi connectivity index (χ1v) is 7.00. The second kappa shape index (κ2) is 5.63. The molecule has 3 rings (SSSR count). The van der Waals surface area contributed by atoms with Crippen molar-refractivity contribution in [3.05, 3.63) is 40.7 Å². The Balaban J connectivity index is 1.83. The molecule has 0 unspecified atom stereocenters. The second-order valence-electron chi connectivity index (χ2n) is 4.66. The van der Waals surface area contributed by atoms with Crippen LogP contribution in [0.2, 0.25) is 5.28 Å². The van der Waals surface area contributed by atoms with Gasteiger partial charge in [0, 0.05) is 13.1 Å². The van der Waals surface area contributed by atoms with Gasteiger partial charge in [0.15, 0.2) is 0 Å². The van der Waals surface area contributed by atoms with Gasteiger partial charge in [0.2, 0.25) is 11.2 Å². The van der Waals surface area contributed by atoms with Crippen molar-refractivity contribution < 1.29 is 4.74 Å². The normalized spacial score (nSPS) is 13.4. The average Bonchev–Trinajstić information content (AvgIpc) is 2.88. The maximum absolute atomic E-state index is 5.95. The summed E-state index contributed by atoms with van der Waals surface area (Å²) in [4.78, 5) is 14.6. The van der Waals surface area contributed by atoms with Crippen LogP contribution in [0.3, 0.4) is 0 Å². The van der Waals surface area contributed by atoms with Crippen LogP contribution in [0.15, 0.2) is 24.3 Å². The lowest BCUT2D eigenvalue weighted by Gasteiger charge is -2.15. The summed E-state index contributed by atoms with van der Waals surface area (Å²) in [5.41, 5.74) is 2.58. The van der Waals surface area contributed by atoms with Crippen molar-refractivity contribution in [3.63, 3.8) is 0 Å². The number of fused-ring (bicyclic) bond motifs is 1. The van der Waals surface area contributed by atoms with E-state index in [4.69, 9.17) is 16.3 Å². The summed E-state index contributed by atoms with van der Waals surface area (Å²) in [6.45, 7) is 4.16. The van der Waals surface area contributed by atoms with Gasteiger partial charge in [0.25, 0.3) is 0 Å². The quantitative estimate of drug-likeness (QED) is 0.866. The van der Waals surface area contributed by atoms with Gasteiger partial charge >= 0.3 is 6.01 Å². The maximum Gasteiger partial charge on any atom is 0.322 e. The minimum Gasteiger partial charge on any atom is -0.463 e. The zero-order valence-corrected chi connectivity index (χ0v) is 12.0. The van der Waals surface area contributed by atoms with Crippen LogP contribution in [-0.2, 0) is 13.1 Å².